The van der Waals surface area contributed by atoms with Crippen LogP contribution in [0.1, 0.15) is 26.3 Å². The Hall–Kier alpha value is -4.04. The Morgan fingerprint density at radius 3 is 2.28 bits per heavy atom. The summed E-state index contributed by atoms with van der Waals surface area (Å²) in [4.78, 5) is 25.0. The Labute approximate surface area is 169 Å². The largest absolute Gasteiger partial charge is 0.497 e. The van der Waals surface area contributed by atoms with E-state index in [0.717, 1.165) is 5.56 Å². The monoisotopic (exact) mass is 384 g/mol. The number of carbonyl (C=O) groups excluding carboxylic acids is 2. The normalized spacial score (nSPS) is 9.69. The number of benzene rings is 3. The molecule has 0 bridgehead atoms. The number of hydrogen-bond acceptors (Lipinski definition) is 3. The highest BCUT2D eigenvalue weighted by molar-refractivity contribution is 6.09. The molecule has 0 saturated carbocycles. The maximum Gasteiger partial charge on any atom is 0.255 e. The molecule has 5 heteroatoms. The predicted octanol–water partition coefficient (Wildman–Crippen LogP) is 3.73. The third kappa shape index (κ3) is 5.47. The molecule has 0 aromatic heterocycles. The molecule has 0 aliphatic heterocycles. The van der Waals surface area contributed by atoms with Crippen LogP contribution in [0.4, 0.5) is 5.69 Å². The summed E-state index contributed by atoms with van der Waals surface area (Å²) in [5, 5.41) is 5.54. The summed E-state index contributed by atoms with van der Waals surface area (Å²) in [6, 6.07) is 23.1. The van der Waals surface area contributed by atoms with E-state index in [0.29, 0.717) is 22.6 Å². The topological polar surface area (TPSA) is 67.4 Å². The zero-order valence-electron chi connectivity index (χ0n) is 15.9. The van der Waals surface area contributed by atoms with Crippen molar-refractivity contribution < 1.29 is 14.3 Å². The molecule has 3 aromatic carbocycles. The van der Waals surface area contributed by atoms with E-state index in [9.17, 15) is 9.59 Å². The Kier molecular flexibility index (Phi) is 6.64. The van der Waals surface area contributed by atoms with Gasteiger partial charge >= 0.3 is 0 Å². The first kappa shape index (κ1) is 19.7. The Morgan fingerprint density at radius 2 is 1.55 bits per heavy atom. The lowest BCUT2D eigenvalue weighted by Crippen LogP contribution is -2.25. The Balaban J connectivity index is 1.65. The van der Waals surface area contributed by atoms with E-state index in [1.807, 2.05) is 30.3 Å². The third-order valence-corrected chi connectivity index (χ3v) is 4.12. The van der Waals surface area contributed by atoms with Gasteiger partial charge in [0.2, 0.25) is 0 Å². The number of ether oxygens (including phenoxy) is 1. The van der Waals surface area contributed by atoms with Gasteiger partial charge in [0.05, 0.1) is 24.9 Å². The molecule has 0 atom stereocenters. The van der Waals surface area contributed by atoms with Crippen LogP contribution in [0, 0.1) is 11.8 Å². The lowest BCUT2D eigenvalue weighted by molar-refractivity contribution is 0.0959. The molecule has 3 rings (SSSR count). The van der Waals surface area contributed by atoms with Crippen molar-refractivity contribution in [3.63, 3.8) is 0 Å². The van der Waals surface area contributed by atoms with E-state index in [1.54, 1.807) is 55.6 Å². The molecule has 2 amide bonds. The van der Waals surface area contributed by atoms with Crippen molar-refractivity contribution in [2.45, 2.75) is 0 Å². The van der Waals surface area contributed by atoms with E-state index in [1.165, 1.54) is 0 Å². The van der Waals surface area contributed by atoms with Gasteiger partial charge in [-0.2, -0.15) is 0 Å². The minimum Gasteiger partial charge on any atom is -0.497 e. The van der Waals surface area contributed by atoms with E-state index in [-0.39, 0.29) is 18.4 Å². The standard InChI is InChI=1S/C24H20N2O3/c1-29-20-15-13-19(14-16-20)23(27)26-22-12-6-5-11-21(22)24(28)25-17-7-10-18-8-3-2-4-9-18/h2-6,8-9,11-16H,17H2,1H3,(H,25,28)(H,26,27). The average molecular weight is 384 g/mol. The maximum atomic E-state index is 12.5. The molecule has 0 radical (unpaired) electrons. The highest BCUT2D eigenvalue weighted by atomic mass is 16.5. The van der Waals surface area contributed by atoms with Gasteiger partial charge in [0, 0.05) is 11.1 Å². The highest BCUT2D eigenvalue weighted by Crippen LogP contribution is 2.17. The SMILES string of the molecule is COc1ccc(C(=O)Nc2ccccc2C(=O)NCC#Cc2ccccc2)cc1. The van der Waals surface area contributed by atoms with Crippen LogP contribution < -0.4 is 15.4 Å². The van der Waals surface area contributed by atoms with Gasteiger partial charge in [-0.15, -0.1) is 0 Å². The number of methoxy groups -OCH3 is 1. The van der Waals surface area contributed by atoms with Gasteiger partial charge in [-0.3, -0.25) is 9.59 Å². The van der Waals surface area contributed by atoms with Gasteiger partial charge in [-0.05, 0) is 48.5 Å². The summed E-state index contributed by atoms with van der Waals surface area (Å²) in [7, 11) is 1.56. The smallest absolute Gasteiger partial charge is 0.255 e. The van der Waals surface area contributed by atoms with Crippen LogP contribution in [0.5, 0.6) is 5.75 Å². The lowest BCUT2D eigenvalue weighted by Gasteiger charge is -2.11. The molecule has 0 fully saturated rings. The van der Waals surface area contributed by atoms with Gasteiger partial charge in [0.25, 0.3) is 11.8 Å². The van der Waals surface area contributed by atoms with Crippen LogP contribution in [-0.2, 0) is 0 Å². The first-order valence-electron chi connectivity index (χ1n) is 9.04. The molecule has 0 unspecified atom stereocenters. The number of para-hydroxylation sites is 1. The fourth-order valence-corrected chi connectivity index (χ4v) is 2.61. The van der Waals surface area contributed by atoms with Gasteiger partial charge < -0.3 is 15.4 Å². The molecule has 5 nitrogen and oxygen atoms in total. The molecule has 0 spiro atoms. The number of amides is 2. The van der Waals surface area contributed by atoms with Crippen molar-refractivity contribution in [2.75, 3.05) is 19.0 Å². The van der Waals surface area contributed by atoms with Crippen LogP contribution in [0.25, 0.3) is 0 Å². The van der Waals surface area contributed by atoms with Crippen molar-refractivity contribution in [3.05, 3.63) is 95.6 Å². The molecule has 3 aromatic rings. The van der Waals surface area contributed by atoms with Crippen molar-refractivity contribution >= 4 is 17.5 Å². The van der Waals surface area contributed by atoms with Crippen molar-refractivity contribution in [1.29, 1.82) is 0 Å². The van der Waals surface area contributed by atoms with Crippen LogP contribution in [0.3, 0.4) is 0 Å². The second kappa shape index (κ2) is 9.77. The van der Waals surface area contributed by atoms with Crippen LogP contribution in [-0.4, -0.2) is 25.5 Å². The summed E-state index contributed by atoms with van der Waals surface area (Å²) in [6.45, 7) is 0.203. The molecular weight excluding hydrogens is 364 g/mol. The highest BCUT2D eigenvalue weighted by Gasteiger charge is 2.13. The van der Waals surface area contributed by atoms with Crippen LogP contribution in [0.15, 0.2) is 78.9 Å². The molecule has 29 heavy (non-hydrogen) atoms. The molecule has 0 saturated heterocycles. The summed E-state index contributed by atoms with van der Waals surface area (Å²) >= 11 is 0. The molecule has 0 aliphatic rings. The fraction of sp³-hybridized carbons (Fsp3) is 0.0833. The molecular formula is C24H20N2O3. The van der Waals surface area contributed by atoms with Crippen LogP contribution in [0.2, 0.25) is 0 Å². The van der Waals surface area contributed by atoms with Crippen LogP contribution >= 0.6 is 0 Å². The Bertz CT molecular complexity index is 1050. The predicted molar refractivity (Wildman–Crippen MR) is 113 cm³/mol. The van der Waals surface area contributed by atoms with Crippen molar-refractivity contribution in [1.82, 2.24) is 5.32 Å². The minimum absolute atomic E-state index is 0.203. The average Bonchev–Trinajstić information content (AvgIpc) is 2.77. The number of rotatable bonds is 5. The van der Waals surface area contributed by atoms with E-state index in [2.05, 4.69) is 22.5 Å². The summed E-state index contributed by atoms with van der Waals surface area (Å²) in [6.07, 6.45) is 0. The maximum absolute atomic E-state index is 12.5. The molecule has 0 heterocycles. The van der Waals surface area contributed by atoms with Gasteiger partial charge in [0.1, 0.15) is 5.75 Å². The van der Waals surface area contributed by atoms with Gasteiger partial charge in [-0.25, -0.2) is 0 Å². The minimum atomic E-state index is -0.309. The number of carbonyl (C=O) groups is 2. The van der Waals surface area contributed by atoms with E-state index < -0.39 is 0 Å². The van der Waals surface area contributed by atoms with E-state index >= 15 is 0 Å². The summed E-state index contributed by atoms with van der Waals surface area (Å²) in [5.41, 5.74) is 2.15. The van der Waals surface area contributed by atoms with E-state index in [4.69, 9.17) is 4.74 Å². The molecule has 144 valence electrons. The van der Waals surface area contributed by atoms with Gasteiger partial charge in [0.15, 0.2) is 0 Å². The number of anilines is 1. The zero-order valence-corrected chi connectivity index (χ0v) is 15.9. The number of nitrogens with one attached hydrogen (secondary N) is 2. The van der Waals surface area contributed by atoms with Crippen molar-refractivity contribution in [2.24, 2.45) is 0 Å². The first-order valence-corrected chi connectivity index (χ1v) is 9.04. The fourth-order valence-electron chi connectivity index (χ4n) is 2.61. The first-order chi connectivity index (χ1) is 14.2. The summed E-state index contributed by atoms with van der Waals surface area (Å²) in [5.74, 6) is 5.95. The molecule has 2 N–H and O–H groups in total. The Morgan fingerprint density at radius 1 is 0.862 bits per heavy atom. The number of hydrogen-bond donors (Lipinski definition) is 2. The van der Waals surface area contributed by atoms with Crippen molar-refractivity contribution in [3.8, 4) is 17.6 Å². The zero-order chi connectivity index (χ0) is 20.5. The quantitative estimate of drug-likeness (QED) is 0.659. The molecule has 0 aliphatic carbocycles. The lowest BCUT2D eigenvalue weighted by atomic mass is 10.1. The summed E-state index contributed by atoms with van der Waals surface area (Å²) < 4.78 is 5.10. The third-order valence-electron chi connectivity index (χ3n) is 4.12. The second-order valence-electron chi connectivity index (χ2n) is 6.08. The van der Waals surface area contributed by atoms with Gasteiger partial charge in [-0.1, -0.05) is 42.2 Å². The second-order valence-corrected chi connectivity index (χ2v) is 6.08.